The second-order valence-corrected chi connectivity index (χ2v) is 8.77. The molecule has 2 aromatic heterocycles. The van der Waals surface area contributed by atoms with E-state index in [1.807, 2.05) is 46.6 Å². The molecule has 0 bridgehead atoms. The first kappa shape index (κ1) is 18.3. The Kier molecular flexibility index (Phi) is 5.06. The van der Waals surface area contributed by atoms with E-state index in [0.29, 0.717) is 32.7 Å². The molecule has 1 aliphatic rings. The lowest BCUT2D eigenvalue weighted by Gasteiger charge is -2.32. The minimum Gasteiger partial charge on any atom is -0.296 e. The Morgan fingerprint density at radius 2 is 1.85 bits per heavy atom. The summed E-state index contributed by atoms with van der Waals surface area (Å²) in [5.74, 6) is 0. The standard InChI is InChI=1S/C17H20N6O2S2/c18-27(24,25)22-9-7-21(8-10-22)12-15-13-23(17-19-6-11-26-17)20-16(15)14-4-2-1-3-5-14/h1-6,11,13H,7-10,12H2,(H2,18,24,25). The van der Waals surface area contributed by atoms with Crippen LogP contribution in [-0.4, -0.2) is 58.6 Å². The number of piperazine rings is 1. The van der Waals surface area contributed by atoms with E-state index in [4.69, 9.17) is 10.2 Å². The molecule has 0 aliphatic carbocycles. The molecule has 0 unspecified atom stereocenters. The second kappa shape index (κ2) is 7.49. The normalized spacial score (nSPS) is 16.6. The molecule has 0 saturated carbocycles. The number of nitrogens with zero attached hydrogens (tertiary/aromatic N) is 5. The third-order valence-electron chi connectivity index (χ3n) is 4.54. The number of benzene rings is 1. The summed E-state index contributed by atoms with van der Waals surface area (Å²) in [6, 6.07) is 10.0. The maximum absolute atomic E-state index is 11.5. The summed E-state index contributed by atoms with van der Waals surface area (Å²) >= 11 is 1.53. The van der Waals surface area contributed by atoms with Gasteiger partial charge in [-0.1, -0.05) is 30.3 Å². The van der Waals surface area contributed by atoms with Gasteiger partial charge in [0, 0.05) is 61.6 Å². The summed E-state index contributed by atoms with van der Waals surface area (Å²) in [7, 11) is -3.62. The maximum atomic E-state index is 11.5. The first-order valence-electron chi connectivity index (χ1n) is 8.55. The van der Waals surface area contributed by atoms with Crippen molar-refractivity contribution >= 4 is 21.5 Å². The van der Waals surface area contributed by atoms with Crippen LogP contribution in [0.15, 0.2) is 48.1 Å². The first-order chi connectivity index (χ1) is 13.0. The largest absolute Gasteiger partial charge is 0.296 e. The van der Waals surface area contributed by atoms with Gasteiger partial charge in [0.2, 0.25) is 5.13 Å². The summed E-state index contributed by atoms with van der Waals surface area (Å²) < 4.78 is 26.1. The molecule has 142 valence electrons. The molecular formula is C17H20N6O2S2. The van der Waals surface area contributed by atoms with Crippen molar-refractivity contribution in [2.45, 2.75) is 6.54 Å². The smallest absolute Gasteiger partial charge is 0.276 e. The number of thiazole rings is 1. The highest BCUT2D eigenvalue weighted by Gasteiger charge is 2.25. The first-order valence-corrected chi connectivity index (χ1v) is 10.9. The van der Waals surface area contributed by atoms with Gasteiger partial charge >= 0.3 is 0 Å². The monoisotopic (exact) mass is 404 g/mol. The van der Waals surface area contributed by atoms with E-state index >= 15 is 0 Å². The van der Waals surface area contributed by atoms with Crippen molar-refractivity contribution in [1.29, 1.82) is 0 Å². The van der Waals surface area contributed by atoms with Crippen LogP contribution in [0.4, 0.5) is 0 Å². The molecule has 10 heteroatoms. The fourth-order valence-corrected chi connectivity index (χ4v) is 4.41. The zero-order chi connectivity index (χ0) is 18.9. The van der Waals surface area contributed by atoms with Gasteiger partial charge in [-0.3, -0.25) is 4.90 Å². The van der Waals surface area contributed by atoms with Crippen molar-refractivity contribution in [3.05, 3.63) is 53.7 Å². The van der Waals surface area contributed by atoms with Crippen LogP contribution in [0.3, 0.4) is 0 Å². The van der Waals surface area contributed by atoms with Crippen molar-refractivity contribution in [2.24, 2.45) is 5.14 Å². The Balaban J connectivity index is 1.58. The lowest BCUT2D eigenvalue weighted by Crippen LogP contribution is -2.50. The molecule has 1 aromatic carbocycles. The van der Waals surface area contributed by atoms with Gasteiger partial charge in [0.15, 0.2) is 0 Å². The van der Waals surface area contributed by atoms with Crippen molar-refractivity contribution in [3.8, 4) is 16.4 Å². The zero-order valence-corrected chi connectivity index (χ0v) is 16.2. The molecule has 3 aromatic rings. The van der Waals surface area contributed by atoms with E-state index in [-0.39, 0.29) is 0 Å². The Morgan fingerprint density at radius 1 is 1.11 bits per heavy atom. The van der Waals surface area contributed by atoms with Gasteiger partial charge in [0.25, 0.3) is 10.2 Å². The maximum Gasteiger partial charge on any atom is 0.276 e. The fraction of sp³-hybridized carbons (Fsp3) is 0.294. The highest BCUT2D eigenvalue weighted by molar-refractivity contribution is 7.86. The molecule has 4 rings (SSSR count). The van der Waals surface area contributed by atoms with Gasteiger partial charge in [-0.15, -0.1) is 11.3 Å². The quantitative estimate of drug-likeness (QED) is 0.692. The molecule has 2 N–H and O–H groups in total. The van der Waals surface area contributed by atoms with Crippen LogP contribution in [0.25, 0.3) is 16.4 Å². The van der Waals surface area contributed by atoms with E-state index < -0.39 is 10.2 Å². The van der Waals surface area contributed by atoms with Gasteiger partial charge < -0.3 is 0 Å². The highest BCUT2D eigenvalue weighted by atomic mass is 32.2. The molecule has 0 radical (unpaired) electrons. The van der Waals surface area contributed by atoms with Crippen LogP contribution in [0.2, 0.25) is 0 Å². The van der Waals surface area contributed by atoms with E-state index in [1.165, 1.54) is 15.6 Å². The lowest BCUT2D eigenvalue weighted by molar-refractivity contribution is 0.182. The second-order valence-electron chi connectivity index (χ2n) is 6.35. The van der Waals surface area contributed by atoms with Crippen molar-refractivity contribution in [2.75, 3.05) is 26.2 Å². The highest BCUT2D eigenvalue weighted by Crippen LogP contribution is 2.25. The minimum absolute atomic E-state index is 0.403. The number of rotatable bonds is 5. The zero-order valence-electron chi connectivity index (χ0n) is 14.6. The molecule has 0 spiro atoms. The predicted molar refractivity (Wildman–Crippen MR) is 105 cm³/mol. The van der Waals surface area contributed by atoms with Crippen LogP contribution < -0.4 is 5.14 Å². The Hall–Kier alpha value is -2.11. The average Bonchev–Trinajstić information content (AvgIpc) is 3.32. The Morgan fingerprint density at radius 3 is 2.48 bits per heavy atom. The van der Waals surface area contributed by atoms with E-state index in [0.717, 1.165) is 22.0 Å². The van der Waals surface area contributed by atoms with Crippen molar-refractivity contribution in [3.63, 3.8) is 0 Å². The number of hydrogen-bond donors (Lipinski definition) is 1. The third kappa shape index (κ3) is 4.09. The summed E-state index contributed by atoms with van der Waals surface area (Å²) in [5.41, 5.74) is 3.05. The molecule has 3 heterocycles. The minimum atomic E-state index is -3.62. The van der Waals surface area contributed by atoms with Crippen molar-refractivity contribution < 1.29 is 8.42 Å². The fourth-order valence-electron chi connectivity index (χ4n) is 3.17. The summed E-state index contributed by atoms with van der Waals surface area (Å²) in [6.07, 6.45) is 3.77. The third-order valence-corrected chi connectivity index (χ3v) is 6.38. The van der Waals surface area contributed by atoms with Gasteiger partial charge in [-0.25, -0.2) is 14.8 Å². The Labute approximate surface area is 162 Å². The number of aromatic nitrogens is 3. The van der Waals surface area contributed by atoms with Crippen LogP contribution in [-0.2, 0) is 16.8 Å². The molecule has 0 atom stereocenters. The van der Waals surface area contributed by atoms with Crippen LogP contribution >= 0.6 is 11.3 Å². The number of nitrogens with two attached hydrogens (primary N) is 1. The van der Waals surface area contributed by atoms with Gasteiger partial charge in [-0.2, -0.15) is 17.8 Å². The van der Waals surface area contributed by atoms with Crippen molar-refractivity contribution in [1.82, 2.24) is 24.0 Å². The van der Waals surface area contributed by atoms with E-state index in [2.05, 4.69) is 9.88 Å². The lowest BCUT2D eigenvalue weighted by atomic mass is 10.1. The molecular weight excluding hydrogens is 384 g/mol. The van der Waals surface area contributed by atoms with Gasteiger partial charge in [-0.05, 0) is 0 Å². The summed E-state index contributed by atoms with van der Waals surface area (Å²) in [5, 5.41) is 12.7. The van der Waals surface area contributed by atoms with Gasteiger partial charge in [0.1, 0.15) is 0 Å². The topological polar surface area (TPSA) is 97.3 Å². The van der Waals surface area contributed by atoms with E-state index in [9.17, 15) is 8.42 Å². The van der Waals surface area contributed by atoms with Crippen LogP contribution in [0, 0.1) is 0 Å². The van der Waals surface area contributed by atoms with E-state index in [1.54, 1.807) is 6.20 Å². The molecule has 27 heavy (non-hydrogen) atoms. The number of hydrogen-bond acceptors (Lipinski definition) is 6. The van der Waals surface area contributed by atoms with Crippen LogP contribution in [0.5, 0.6) is 0 Å². The summed E-state index contributed by atoms with van der Waals surface area (Å²) in [4.78, 5) is 6.56. The average molecular weight is 405 g/mol. The molecule has 8 nitrogen and oxygen atoms in total. The predicted octanol–water partition coefficient (Wildman–Crippen LogP) is 1.32. The molecule has 1 aliphatic heterocycles. The molecule has 1 saturated heterocycles. The SMILES string of the molecule is NS(=O)(=O)N1CCN(Cc2cn(-c3nccs3)nc2-c2ccccc2)CC1. The van der Waals surface area contributed by atoms with Crippen LogP contribution in [0.1, 0.15) is 5.56 Å². The summed E-state index contributed by atoms with van der Waals surface area (Å²) in [6.45, 7) is 2.76. The molecule has 0 amide bonds. The molecule has 1 fully saturated rings. The van der Waals surface area contributed by atoms with Gasteiger partial charge in [0.05, 0.1) is 5.69 Å². The Bertz CT molecular complexity index is 993.